The van der Waals surface area contributed by atoms with Crippen molar-refractivity contribution in [3.63, 3.8) is 0 Å². The Balaban J connectivity index is 3.02. The lowest BCUT2D eigenvalue weighted by Gasteiger charge is -1.99. The van der Waals surface area contributed by atoms with Crippen LogP contribution in [0, 0.1) is 11.3 Å². The summed E-state index contributed by atoms with van der Waals surface area (Å²) in [5.41, 5.74) is 0.0782. The fraction of sp³-hybridized carbons (Fsp3) is 0. The first-order valence-electron chi connectivity index (χ1n) is 3.97. The van der Waals surface area contributed by atoms with Crippen LogP contribution in [0.25, 0.3) is 10.8 Å². The third-order valence-corrected chi connectivity index (χ3v) is 2.01. The lowest BCUT2D eigenvalue weighted by atomic mass is 10.1. The van der Waals surface area contributed by atoms with Gasteiger partial charge in [0, 0.05) is 17.0 Å². The molecular weight excluding hydrogens is 180 g/mol. The van der Waals surface area contributed by atoms with Crippen LogP contribution in [-0.2, 0) is 0 Å². The molecule has 0 aliphatic carbocycles. The second kappa shape index (κ2) is 2.89. The van der Waals surface area contributed by atoms with E-state index in [0.29, 0.717) is 16.3 Å². The molecule has 0 fully saturated rings. The van der Waals surface area contributed by atoms with Crippen molar-refractivity contribution in [2.24, 2.45) is 0 Å². The molecule has 0 unspecified atom stereocenters. The van der Waals surface area contributed by atoms with Crippen LogP contribution in [-0.4, -0.2) is 10.1 Å². The van der Waals surface area contributed by atoms with Gasteiger partial charge in [-0.1, -0.05) is 0 Å². The van der Waals surface area contributed by atoms with Crippen molar-refractivity contribution in [3.05, 3.63) is 40.3 Å². The predicted octanol–water partition coefficient (Wildman–Crippen LogP) is 1.11. The number of aromatic hydroxyl groups is 1. The average molecular weight is 186 g/mol. The summed E-state index contributed by atoms with van der Waals surface area (Å²) in [6.45, 7) is 0. The summed E-state index contributed by atoms with van der Waals surface area (Å²) in [7, 11) is 0. The van der Waals surface area contributed by atoms with Gasteiger partial charge in [-0.2, -0.15) is 5.26 Å². The number of nitrogens with zero attached hydrogens (tertiary/aromatic N) is 1. The lowest BCUT2D eigenvalue weighted by molar-refractivity contribution is 0.476. The molecule has 2 N–H and O–H groups in total. The van der Waals surface area contributed by atoms with Gasteiger partial charge in [-0.25, -0.2) is 0 Å². The third kappa shape index (κ3) is 1.12. The lowest BCUT2D eigenvalue weighted by Crippen LogP contribution is -2.05. The molecular formula is C10H6N2O2. The number of H-pyrrole nitrogens is 1. The van der Waals surface area contributed by atoms with Gasteiger partial charge in [0.1, 0.15) is 11.8 Å². The first kappa shape index (κ1) is 8.32. The minimum Gasteiger partial charge on any atom is -0.508 e. The molecule has 0 aliphatic rings. The first-order chi connectivity index (χ1) is 6.72. The van der Waals surface area contributed by atoms with Crippen LogP contribution in [0.1, 0.15) is 5.56 Å². The number of nitriles is 1. The molecule has 0 radical (unpaired) electrons. The van der Waals surface area contributed by atoms with Crippen LogP contribution in [0.5, 0.6) is 5.75 Å². The molecule has 2 aromatic rings. The van der Waals surface area contributed by atoms with Gasteiger partial charge < -0.3 is 10.1 Å². The normalized spacial score (nSPS) is 9.93. The number of hydrogen-bond acceptors (Lipinski definition) is 3. The highest BCUT2D eigenvalue weighted by molar-refractivity contribution is 5.87. The van der Waals surface area contributed by atoms with Crippen molar-refractivity contribution < 1.29 is 5.11 Å². The number of nitrogens with one attached hydrogen (secondary N) is 1. The zero-order valence-electron chi connectivity index (χ0n) is 7.11. The Morgan fingerprint density at radius 1 is 1.36 bits per heavy atom. The summed E-state index contributed by atoms with van der Waals surface area (Å²) in [4.78, 5) is 13.8. The molecule has 0 aliphatic heterocycles. The predicted molar refractivity (Wildman–Crippen MR) is 50.9 cm³/mol. The summed E-state index contributed by atoms with van der Waals surface area (Å²) in [6, 6.07) is 6.25. The van der Waals surface area contributed by atoms with Gasteiger partial charge in [-0.15, -0.1) is 0 Å². The highest BCUT2D eigenvalue weighted by Gasteiger charge is 2.04. The number of phenolic OH excluding ortho intramolecular Hbond substituents is 1. The summed E-state index contributed by atoms with van der Waals surface area (Å²) < 4.78 is 0. The molecule has 2 rings (SSSR count). The van der Waals surface area contributed by atoms with E-state index in [0.717, 1.165) is 0 Å². The highest BCUT2D eigenvalue weighted by Crippen LogP contribution is 2.19. The molecule has 0 atom stereocenters. The number of fused-ring (bicyclic) bond motifs is 1. The highest BCUT2D eigenvalue weighted by atomic mass is 16.3. The first-order valence-corrected chi connectivity index (χ1v) is 3.97. The molecule has 0 saturated heterocycles. The molecule has 14 heavy (non-hydrogen) atoms. The van der Waals surface area contributed by atoms with Crippen molar-refractivity contribution in [1.29, 1.82) is 5.26 Å². The monoisotopic (exact) mass is 186 g/mol. The van der Waals surface area contributed by atoms with Gasteiger partial charge >= 0.3 is 0 Å². The maximum atomic E-state index is 11.3. The summed E-state index contributed by atoms with van der Waals surface area (Å²) >= 11 is 0. The number of pyridine rings is 1. The Morgan fingerprint density at radius 3 is 2.86 bits per heavy atom. The number of hydrogen-bond donors (Lipinski definition) is 2. The molecule has 0 amide bonds. The van der Waals surface area contributed by atoms with Gasteiger partial charge in [0.05, 0.1) is 5.56 Å². The molecule has 0 saturated carbocycles. The van der Waals surface area contributed by atoms with E-state index < -0.39 is 0 Å². The minimum atomic E-state index is -0.265. The molecule has 68 valence electrons. The largest absolute Gasteiger partial charge is 0.508 e. The number of rotatable bonds is 0. The Morgan fingerprint density at radius 2 is 2.14 bits per heavy atom. The average Bonchev–Trinajstić information content (AvgIpc) is 2.18. The second-order valence-electron chi connectivity index (χ2n) is 2.87. The maximum absolute atomic E-state index is 11.3. The minimum absolute atomic E-state index is 0.0413. The number of phenols is 1. The van der Waals surface area contributed by atoms with E-state index in [1.165, 1.54) is 24.4 Å². The van der Waals surface area contributed by atoms with Crippen LogP contribution in [0.4, 0.5) is 0 Å². The Kier molecular flexibility index (Phi) is 1.72. The summed E-state index contributed by atoms with van der Waals surface area (Å²) in [5.74, 6) is 0.0413. The number of aromatic nitrogens is 1. The topological polar surface area (TPSA) is 76.9 Å². The summed E-state index contributed by atoms with van der Waals surface area (Å²) in [5, 5.41) is 18.9. The molecule has 1 aromatic carbocycles. The van der Waals surface area contributed by atoms with Gasteiger partial charge in [0.15, 0.2) is 0 Å². The fourth-order valence-corrected chi connectivity index (χ4v) is 1.34. The Labute approximate surface area is 79.0 Å². The molecule has 1 aromatic heterocycles. The standard InChI is InChI=1S/C10H6N2O2/c11-4-6-5-12-10(14)8-2-1-7(13)3-9(6)8/h1-3,5,13H,(H,12,14). The van der Waals surface area contributed by atoms with E-state index in [-0.39, 0.29) is 11.3 Å². The smallest absolute Gasteiger partial charge is 0.255 e. The zero-order valence-corrected chi connectivity index (χ0v) is 7.11. The van der Waals surface area contributed by atoms with Crippen LogP contribution in [0.2, 0.25) is 0 Å². The van der Waals surface area contributed by atoms with Crippen LogP contribution < -0.4 is 5.56 Å². The van der Waals surface area contributed by atoms with E-state index in [1.54, 1.807) is 0 Å². The Hall–Kier alpha value is -2.28. The van der Waals surface area contributed by atoms with E-state index in [9.17, 15) is 9.90 Å². The van der Waals surface area contributed by atoms with Gasteiger partial charge in [-0.05, 0) is 18.2 Å². The molecule has 0 bridgehead atoms. The van der Waals surface area contributed by atoms with Crippen LogP contribution in [0.15, 0.2) is 29.2 Å². The van der Waals surface area contributed by atoms with Crippen molar-refractivity contribution >= 4 is 10.8 Å². The summed E-state index contributed by atoms with van der Waals surface area (Å²) in [6.07, 6.45) is 1.34. The van der Waals surface area contributed by atoms with E-state index in [4.69, 9.17) is 5.26 Å². The van der Waals surface area contributed by atoms with Gasteiger partial charge in [-0.3, -0.25) is 4.79 Å². The second-order valence-corrected chi connectivity index (χ2v) is 2.87. The Bertz CT molecular complexity index is 593. The SMILES string of the molecule is N#Cc1c[nH]c(=O)c2ccc(O)cc12. The van der Waals surface area contributed by atoms with Crippen molar-refractivity contribution in [2.45, 2.75) is 0 Å². The molecule has 4 heteroatoms. The van der Waals surface area contributed by atoms with E-state index >= 15 is 0 Å². The third-order valence-electron chi connectivity index (χ3n) is 2.01. The van der Waals surface area contributed by atoms with Crippen LogP contribution >= 0.6 is 0 Å². The van der Waals surface area contributed by atoms with Crippen LogP contribution in [0.3, 0.4) is 0 Å². The zero-order chi connectivity index (χ0) is 10.1. The molecule has 1 heterocycles. The number of aromatic amines is 1. The van der Waals surface area contributed by atoms with Crippen molar-refractivity contribution in [3.8, 4) is 11.8 Å². The van der Waals surface area contributed by atoms with Gasteiger partial charge in [0.2, 0.25) is 0 Å². The van der Waals surface area contributed by atoms with E-state index in [2.05, 4.69) is 4.98 Å². The molecule has 4 nitrogen and oxygen atoms in total. The van der Waals surface area contributed by atoms with Crippen molar-refractivity contribution in [1.82, 2.24) is 4.98 Å². The number of benzene rings is 1. The molecule has 0 spiro atoms. The quantitative estimate of drug-likeness (QED) is 0.646. The van der Waals surface area contributed by atoms with E-state index in [1.807, 2.05) is 6.07 Å². The maximum Gasteiger partial charge on any atom is 0.255 e. The fourth-order valence-electron chi connectivity index (χ4n) is 1.34. The van der Waals surface area contributed by atoms with Gasteiger partial charge in [0.25, 0.3) is 5.56 Å². The van der Waals surface area contributed by atoms with Crippen molar-refractivity contribution in [2.75, 3.05) is 0 Å².